The Bertz CT molecular complexity index is 947. The van der Waals surface area contributed by atoms with Crippen LogP contribution in [0.2, 0.25) is 0 Å². The highest BCUT2D eigenvalue weighted by atomic mass is 32.1. The first kappa shape index (κ1) is 17.4. The second-order valence-electron chi connectivity index (χ2n) is 6.37. The minimum Gasteiger partial charge on any atom is -0.315 e. The molecule has 0 saturated carbocycles. The van der Waals surface area contributed by atoms with Gasteiger partial charge in [-0.15, -0.1) is 0 Å². The molecule has 130 valence electrons. The number of tetrazole rings is 1. The van der Waals surface area contributed by atoms with Crippen LogP contribution in [-0.2, 0) is 13.2 Å². The number of rotatable bonds is 5. The van der Waals surface area contributed by atoms with Crippen molar-refractivity contribution in [2.24, 2.45) is 0 Å². The van der Waals surface area contributed by atoms with Crippen LogP contribution in [-0.4, -0.2) is 26.8 Å². The van der Waals surface area contributed by atoms with Crippen LogP contribution in [0.4, 0.5) is 4.39 Å². The molecule has 0 amide bonds. The topological polar surface area (TPSA) is 40.1 Å². The Morgan fingerprint density at radius 1 is 1.12 bits per heavy atom. The molecule has 0 fully saturated rings. The maximum Gasteiger partial charge on any atom is 0.225 e. The Labute approximate surface area is 151 Å². The van der Waals surface area contributed by atoms with Crippen LogP contribution in [0.3, 0.4) is 0 Å². The van der Waals surface area contributed by atoms with Crippen molar-refractivity contribution in [3.63, 3.8) is 0 Å². The van der Waals surface area contributed by atoms with Gasteiger partial charge in [-0.3, -0.25) is 0 Å². The first-order valence-corrected chi connectivity index (χ1v) is 8.51. The molecule has 1 unspecified atom stereocenters. The van der Waals surface area contributed by atoms with Gasteiger partial charge < -0.3 is 4.90 Å². The van der Waals surface area contributed by atoms with E-state index in [0.717, 1.165) is 6.54 Å². The minimum atomic E-state index is -0.327. The SMILES string of the molecule is Cc1ccc(C[NH+](C)Cn2nnn(-c3cccc(F)c3)c2=S)c(C)c1. The van der Waals surface area contributed by atoms with Crippen LogP contribution >= 0.6 is 12.2 Å². The van der Waals surface area contributed by atoms with Crippen molar-refractivity contribution >= 4 is 12.2 Å². The molecular formula is C18H21FN5S+. The number of benzene rings is 2. The molecule has 0 spiro atoms. The maximum absolute atomic E-state index is 13.4. The highest BCUT2D eigenvalue weighted by Crippen LogP contribution is 2.10. The van der Waals surface area contributed by atoms with E-state index in [9.17, 15) is 4.39 Å². The molecule has 0 saturated heterocycles. The number of halogens is 1. The fraction of sp³-hybridized carbons (Fsp3) is 0.278. The molecule has 1 heterocycles. The molecule has 0 radical (unpaired) electrons. The molecule has 2 aromatic carbocycles. The Morgan fingerprint density at radius 2 is 1.92 bits per heavy atom. The van der Waals surface area contributed by atoms with Gasteiger partial charge in [0.1, 0.15) is 12.4 Å². The van der Waals surface area contributed by atoms with Crippen LogP contribution in [0.5, 0.6) is 0 Å². The van der Waals surface area contributed by atoms with E-state index in [2.05, 4.69) is 49.5 Å². The van der Waals surface area contributed by atoms with Crippen LogP contribution < -0.4 is 4.90 Å². The van der Waals surface area contributed by atoms with Crippen LogP contribution in [0, 0.1) is 24.4 Å². The molecule has 0 aliphatic carbocycles. The number of hydrogen-bond donors (Lipinski definition) is 1. The molecule has 1 atom stereocenters. The zero-order valence-corrected chi connectivity index (χ0v) is 15.3. The number of nitrogens with one attached hydrogen (secondary N) is 1. The number of hydrogen-bond acceptors (Lipinski definition) is 3. The van der Waals surface area contributed by atoms with E-state index in [0.29, 0.717) is 17.1 Å². The normalized spacial score (nSPS) is 12.3. The number of aromatic nitrogens is 4. The van der Waals surface area contributed by atoms with Gasteiger partial charge in [-0.1, -0.05) is 29.8 Å². The van der Waals surface area contributed by atoms with Crippen molar-refractivity contribution in [1.29, 1.82) is 0 Å². The van der Waals surface area contributed by atoms with E-state index in [-0.39, 0.29) is 5.82 Å². The third-order valence-electron chi connectivity index (χ3n) is 4.10. The van der Waals surface area contributed by atoms with Crippen LogP contribution in [0.15, 0.2) is 42.5 Å². The fourth-order valence-corrected chi connectivity index (χ4v) is 3.07. The van der Waals surface area contributed by atoms with Gasteiger partial charge in [-0.25, -0.2) is 4.39 Å². The van der Waals surface area contributed by atoms with Gasteiger partial charge in [0.05, 0.1) is 12.7 Å². The van der Waals surface area contributed by atoms with Crippen molar-refractivity contribution in [3.8, 4) is 5.69 Å². The quantitative estimate of drug-likeness (QED) is 0.711. The van der Waals surface area contributed by atoms with Gasteiger partial charge in [0.2, 0.25) is 4.77 Å². The Hall–Kier alpha value is -2.38. The third-order valence-corrected chi connectivity index (χ3v) is 4.49. The summed E-state index contributed by atoms with van der Waals surface area (Å²) >= 11 is 5.44. The van der Waals surface area contributed by atoms with Crippen molar-refractivity contribution in [3.05, 3.63) is 69.7 Å². The highest BCUT2D eigenvalue weighted by molar-refractivity contribution is 7.71. The van der Waals surface area contributed by atoms with Gasteiger partial charge >= 0.3 is 0 Å². The summed E-state index contributed by atoms with van der Waals surface area (Å²) in [6.07, 6.45) is 0. The monoisotopic (exact) mass is 358 g/mol. The summed E-state index contributed by atoms with van der Waals surface area (Å²) < 4.78 is 17.0. The molecule has 0 bridgehead atoms. The highest BCUT2D eigenvalue weighted by Gasteiger charge is 2.12. The average molecular weight is 358 g/mol. The summed E-state index contributed by atoms with van der Waals surface area (Å²) in [6, 6.07) is 12.6. The van der Waals surface area contributed by atoms with Gasteiger partial charge in [0, 0.05) is 5.56 Å². The van der Waals surface area contributed by atoms with E-state index in [1.54, 1.807) is 16.8 Å². The summed E-state index contributed by atoms with van der Waals surface area (Å²) in [5.41, 5.74) is 4.42. The lowest BCUT2D eigenvalue weighted by atomic mass is 10.1. The smallest absolute Gasteiger partial charge is 0.225 e. The maximum atomic E-state index is 13.4. The molecule has 7 heteroatoms. The number of aryl methyl sites for hydroxylation is 2. The Balaban J connectivity index is 1.76. The molecule has 0 aliphatic rings. The first-order valence-electron chi connectivity index (χ1n) is 8.10. The Kier molecular flexibility index (Phi) is 5.06. The summed E-state index contributed by atoms with van der Waals surface area (Å²) in [5.74, 6) is -0.327. The van der Waals surface area contributed by atoms with Crippen molar-refractivity contribution in [2.75, 3.05) is 7.05 Å². The Morgan fingerprint density at radius 3 is 2.64 bits per heavy atom. The van der Waals surface area contributed by atoms with Crippen LogP contribution in [0.25, 0.3) is 5.69 Å². The van der Waals surface area contributed by atoms with Crippen LogP contribution in [0.1, 0.15) is 16.7 Å². The summed E-state index contributed by atoms with van der Waals surface area (Å²) in [7, 11) is 2.09. The predicted molar refractivity (Wildman–Crippen MR) is 96.6 cm³/mol. The zero-order valence-electron chi connectivity index (χ0n) is 14.5. The molecule has 3 aromatic rings. The van der Waals surface area contributed by atoms with Crippen molar-refractivity contribution in [2.45, 2.75) is 27.1 Å². The summed E-state index contributed by atoms with van der Waals surface area (Å²) in [6.45, 7) is 5.67. The molecule has 1 N–H and O–H groups in total. The lowest BCUT2D eigenvalue weighted by molar-refractivity contribution is -0.917. The molecular weight excluding hydrogens is 337 g/mol. The summed E-state index contributed by atoms with van der Waals surface area (Å²) in [4.78, 5) is 1.23. The van der Waals surface area contributed by atoms with Gasteiger partial charge in [0.25, 0.3) is 0 Å². The molecule has 5 nitrogen and oxygen atoms in total. The lowest BCUT2D eigenvalue weighted by Gasteiger charge is -2.15. The third kappa shape index (κ3) is 4.00. The van der Waals surface area contributed by atoms with E-state index in [1.165, 1.54) is 38.4 Å². The van der Waals surface area contributed by atoms with Gasteiger partial charge in [0.15, 0.2) is 6.67 Å². The van der Waals surface area contributed by atoms with E-state index in [4.69, 9.17) is 12.2 Å². The van der Waals surface area contributed by atoms with E-state index < -0.39 is 0 Å². The predicted octanol–water partition coefficient (Wildman–Crippen LogP) is 2.23. The van der Waals surface area contributed by atoms with E-state index >= 15 is 0 Å². The second-order valence-corrected chi connectivity index (χ2v) is 6.74. The van der Waals surface area contributed by atoms with Crippen molar-refractivity contribution in [1.82, 2.24) is 19.8 Å². The number of quaternary nitrogens is 1. The van der Waals surface area contributed by atoms with Gasteiger partial charge in [-0.2, -0.15) is 9.36 Å². The molecule has 0 aliphatic heterocycles. The standard InChI is InChI=1S/C18H20FN5S/c1-13-7-8-15(14(2)9-13)11-22(3)12-23-18(25)24(21-20-23)17-6-4-5-16(19)10-17/h4-10H,11-12H2,1-3H3/p+1. The molecule has 1 aromatic heterocycles. The van der Waals surface area contributed by atoms with E-state index in [1.807, 2.05) is 0 Å². The first-order chi connectivity index (χ1) is 11.9. The second kappa shape index (κ2) is 7.25. The molecule has 25 heavy (non-hydrogen) atoms. The fourth-order valence-electron chi connectivity index (χ4n) is 2.82. The number of nitrogens with zero attached hydrogens (tertiary/aromatic N) is 4. The lowest BCUT2D eigenvalue weighted by Crippen LogP contribution is -3.07. The average Bonchev–Trinajstić information content (AvgIpc) is 2.91. The van der Waals surface area contributed by atoms with Gasteiger partial charge in [-0.05, 0) is 60.3 Å². The minimum absolute atomic E-state index is 0.327. The largest absolute Gasteiger partial charge is 0.315 e. The zero-order chi connectivity index (χ0) is 18.0. The van der Waals surface area contributed by atoms with Crippen molar-refractivity contribution < 1.29 is 9.29 Å². The summed E-state index contributed by atoms with van der Waals surface area (Å²) in [5, 5.41) is 8.18. The molecule has 3 rings (SSSR count).